The van der Waals surface area contributed by atoms with Crippen molar-refractivity contribution in [2.45, 2.75) is 12.5 Å². The molecule has 0 radical (unpaired) electrons. The number of rotatable bonds is 2. The van der Waals surface area contributed by atoms with Gasteiger partial charge in [0.25, 0.3) is 0 Å². The van der Waals surface area contributed by atoms with Gasteiger partial charge in [0, 0.05) is 18.7 Å². The number of aryl methyl sites for hydroxylation is 1. The minimum absolute atomic E-state index is 0. The molecule has 2 rings (SSSR count). The van der Waals surface area contributed by atoms with Crippen molar-refractivity contribution in [3.63, 3.8) is 0 Å². The molecule has 1 aliphatic rings. The predicted molar refractivity (Wildman–Crippen MR) is 63.7 cm³/mol. The molecule has 1 aromatic rings. The molecule has 1 saturated heterocycles. The summed E-state index contributed by atoms with van der Waals surface area (Å²) >= 11 is 0. The van der Waals surface area contributed by atoms with Crippen molar-refractivity contribution in [1.82, 2.24) is 5.32 Å². The summed E-state index contributed by atoms with van der Waals surface area (Å²) in [5.41, 5.74) is 8.32. The molecular formula is C11H17ClN2O. The molecular weight excluding hydrogens is 212 g/mol. The van der Waals surface area contributed by atoms with E-state index in [1.807, 2.05) is 12.1 Å². The predicted octanol–water partition coefficient (Wildman–Crippen LogP) is 1.18. The molecule has 4 heteroatoms. The first-order chi connectivity index (χ1) is 6.65. The van der Waals surface area contributed by atoms with E-state index in [4.69, 9.17) is 10.5 Å². The number of hydrogen-bond donors (Lipinski definition) is 2. The molecule has 1 heterocycles. The number of ether oxygens (including phenoxy) is 1. The molecule has 84 valence electrons. The van der Waals surface area contributed by atoms with Gasteiger partial charge >= 0.3 is 0 Å². The number of hydrogen-bond acceptors (Lipinski definition) is 3. The van der Waals surface area contributed by atoms with Gasteiger partial charge in [-0.1, -0.05) is 17.7 Å². The number of nitrogens with two attached hydrogens (primary N) is 1. The third-order valence-electron chi connectivity index (χ3n) is 2.77. The van der Waals surface area contributed by atoms with E-state index in [2.05, 4.69) is 18.3 Å². The average Bonchev–Trinajstić information content (AvgIpc) is 2.14. The van der Waals surface area contributed by atoms with E-state index < -0.39 is 0 Å². The molecule has 3 nitrogen and oxygen atoms in total. The van der Waals surface area contributed by atoms with Gasteiger partial charge in [-0.25, -0.2) is 0 Å². The molecule has 0 unspecified atom stereocenters. The first-order valence-corrected chi connectivity index (χ1v) is 4.80. The van der Waals surface area contributed by atoms with Crippen LogP contribution in [0.5, 0.6) is 5.75 Å². The minimum Gasteiger partial charge on any atom is -0.496 e. The van der Waals surface area contributed by atoms with E-state index in [1.165, 1.54) is 5.56 Å². The first kappa shape index (κ1) is 12.3. The lowest BCUT2D eigenvalue weighted by Gasteiger charge is -2.40. The summed E-state index contributed by atoms with van der Waals surface area (Å²) in [7, 11) is 1.68. The Hall–Kier alpha value is -0.770. The van der Waals surface area contributed by atoms with E-state index in [9.17, 15) is 0 Å². The topological polar surface area (TPSA) is 47.3 Å². The van der Waals surface area contributed by atoms with Crippen LogP contribution in [0.15, 0.2) is 18.2 Å². The standard InChI is InChI=1S/C11H16N2O.ClH/c1-8-3-4-10(14-2)9(5-8)11(12)6-13-7-11;/h3-5,13H,6-7,12H2,1-2H3;1H. The van der Waals surface area contributed by atoms with Crippen molar-refractivity contribution >= 4 is 12.4 Å². The highest BCUT2D eigenvalue weighted by Gasteiger charge is 2.36. The quantitative estimate of drug-likeness (QED) is 0.799. The van der Waals surface area contributed by atoms with Crippen molar-refractivity contribution < 1.29 is 4.74 Å². The second-order valence-corrected chi connectivity index (χ2v) is 3.96. The Morgan fingerprint density at radius 2 is 2.07 bits per heavy atom. The maximum atomic E-state index is 6.23. The molecule has 1 aromatic carbocycles. The van der Waals surface area contributed by atoms with Crippen LogP contribution in [-0.2, 0) is 5.54 Å². The van der Waals surface area contributed by atoms with Gasteiger partial charge in [-0.15, -0.1) is 12.4 Å². The summed E-state index contributed by atoms with van der Waals surface area (Å²) in [6.07, 6.45) is 0. The Morgan fingerprint density at radius 3 is 2.53 bits per heavy atom. The molecule has 3 N–H and O–H groups in total. The van der Waals surface area contributed by atoms with Crippen LogP contribution in [0.4, 0.5) is 0 Å². The van der Waals surface area contributed by atoms with Gasteiger partial charge in [0.1, 0.15) is 5.75 Å². The molecule has 1 fully saturated rings. The molecule has 0 aromatic heterocycles. The Morgan fingerprint density at radius 1 is 1.40 bits per heavy atom. The zero-order valence-electron chi connectivity index (χ0n) is 9.04. The third kappa shape index (κ3) is 2.09. The van der Waals surface area contributed by atoms with Gasteiger partial charge in [0.15, 0.2) is 0 Å². The van der Waals surface area contributed by atoms with Gasteiger partial charge < -0.3 is 15.8 Å². The van der Waals surface area contributed by atoms with Crippen LogP contribution in [-0.4, -0.2) is 20.2 Å². The summed E-state index contributed by atoms with van der Waals surface area (Å²) in [4.78, 5) is 0. The lowest BCUT2D eigenvalue weighted by Crippen LogP contribution is -2.62. The monoisotopic (exact) mass is 228 g/mol. The zero-order chi connectivity index (χ0) is 10.2. The highest BCUT2D eigenvalue weighted by Crippen LogP contribution is 2.31. The number of nitrogens with one attached hydrogen (secondary N) is 1. The van der Waals surface area contributed by atoms with Crippen molar-refractivity contribution in [2.75, 3.05) is 20.2 Å². The molecule has 1 aliphatic heterocycles. The summed E-state index contributed by atoms with van der Waals surface area (Å²) in [5, 5.41) is 3.19. The highest BCUT2D eigenvalue weighted by atomic mass is 35.5. The average molecular weight is 229 g/mol. The first-order valence-electron chi connectivity index (χ1n) is 4.80. The maximum Gasteiger partial charge on any atom is 0.124 e. The number of benzene rings is 1. The molecule has 0 atom stereocenters. The van der Waals surface area contributed by atoms with E-state index in [1.54, 1.807) is 7.11 Å². The van der Waals surface area contributed by atoms with Crippen LogP contribution in [0.2, 0.25) is 0 Å². The summed E-state index contributed by atoms with van der Waals surface area (Å²) in [6, 6.07) is 6.13. The summed E-state index contributed by atoms with van der Waals surface area (Å²) in [5.74, 6) is 0.889. The van der Waals surface area contributed by atoms with E-state index in [-0.39, 0.29) is 17.9 Å². The fraction of sp³-hybridized carbons (Fsp3) is 0.455. The van der Waals surface area contributed by atoms with E-state index >= 15 is 0 Å². The second kappa shape index (κ2) is 4.39. The summed E-state index contributed by atoms with van der Waals surface area (Å²) < 4.78 is 5.31. The molecule has 0 amide bonds. The Balaban J connectivity index is 0.00000112. The van der Waals surface area contributed by atoms with Crippen LogP contribution in [0.1, 0.15) is 11.1 Å². The SMILES string of the molecule is COc1ccc(C)cc1C1(N)CNC1.Cl. The van der Waals surface area contributed by atoms with Crippen LogP contribution in [0, 0.1) is 6.92 Å². The molecule has 0 spiro atoms. The van der Waals surface area contributed by atoms with Crippen LogP contribution < -0.4 is 15.8 Å². The molecule has 0 bridgehead atoms. The third-order valence-corrected chi connectivity index (χ3v) is 2.77. The van der Waals surface area contributed by atoms with Crippen molar-refractivity contribution in [3.05, 3.63) is 29.3 Å². The van der Waals surface area contributed by atoms with E-state index in [0.29, 0.717) is 0 Å². The lowest BCUT2D eigenvalue weighted by atomic mass is 9.84. The number of halogens is 1. The normalized spacial score (nSPS) is 17.5. The molecule has 0 saturated carbocycles. The Labute approximate surface area is 96.4 Å². The van der Waals surface area contributed by atoms with Gasteiger partial charge in [0.05, 0.1) is 12.6 Å². The maximum absolute atomic E-state index is 6.23. The Kier molecular flexibility index (Phi) is 3.60. The minimum atomic E-state index is -0.239. The molecule has 0 aliphatic carbocycles. The van der Waals surface area contributed by atoms with Crippen LogP contribution in [0.3, 0.4) is 0 Å². The van der Waals surface area contributed by atoms with E-state index in [0.717, 1.165) is 24.4 Å². The van der Waals surface area contributed by atoms with Crippen LogP contribution in [0.25, 0.3) is 0 Å². The fourth-order valence-electron chi connectivity index (χ4n) is 1.80. The fourth-order valence-corrected chi connectivity index (χ4v) is 1.80. The lowest BCUT2D eigenvalue weighted by molar-refractivity contribution is 0.274. The van der Waals surface area contributed by atoms with Crippen molar-refractivity contribution in [3.8, 4) is 5.75 Å². The van der Waals surface area contributed by atoms with Crippen molar-refractivity contribution in [1.29, 1.82) is 0 Å². The smallest absolute Gasteiger partial charge is 0.124 e. The van der Waals surface area contributed by atoms with Crippen molar-refractivity contribution in [2.24, 2.45) is 5.73 Å². The molecule has 15 heavy (non-hydrogen) atoms. The van der Waals surface area contributed by atoms with Crippen LogP contribution >= 0.6 is 12.4 Å². The zero-order valence-corrected chi connectivity index (χ0v) is 9.86. The van der Waals surface area contributed by atoms with Gasteiger partial charge in [-0.3, -0.25) is 0 Å². The van der Waals surface area contributed by atoms with Gasteiger partial charge in [-0.05, 0) is 13.0 Å². The van der Waals surface area contributed by atoms with Gasteiger partial charge in [-0.2, -0.15) is 0 Å². The van der Waals surface area contributed by atoms with Gasteiger partial charge in [0.2, 0.25) is 0 Å². The summed E-state index contributed by atoms with van der Waals surface area (Å²) in [6.45, 7) is 3.72. The second-order valence-electron chi connectivity index (χ2n) is 3.96. The number of methoxy groups -OCH3 is 1. The largest absolute Gasteiger partial charge is 0.496 e. The Bertz CT molecular complexity index is 350. The highest BCUT2D eigenvalue weighted by molar-refractivity contribution is 5.85.